The second-order valence-corrected chi connectivity index (χ2v) is 9.72. The molecule has 0 saturated heterocycles. The molecule has 0 fully saturated rings. The molecular weight excluding hydrogens is 448 g/mol. The van der Waals surface area contributed by atoms with E-state index < -0.39 is 0 Å². The first-order chi connectivity index (χ1) is 17.5. The molecule has 192 valence electrons. The van der Waals surface area contributed by atoms with Crippen molar-refractivity contribution in [3.8, 4) is 17.2 Å². The molecule has 1 N–H and O–H groups in total. The molecule has 0 amide bonds. The SMILES string of the molecule is CCN(C)CCOc1ccc(CN(CC)c2cc(OC)ccc2C2CCc3cc(O)ccc3C2)cc1. The summed E-state index contributed by atoms with van der Waals surface area (Å²) in [6.45, 7) is 8.74. The monoisotopic (exact) mass is 488 g/mol. The molecule has 0 heterocycles. The third-order valence-electron chi connectivity index (χ3n) is 7.40. The normalized spacial score (nSPS) is 15.0. The molecule has 36 heavy (non-hydrogen) atoms. The number of aromatic hydroxyl groups is 1. The molecule has 4 rings (SSSR count). The molecule has 5 heteroatoms. The molecule has 0 spiro atoms. The van der Waals surface area contributed by atoms with Crippen molar-refractivity contribution >= 4 is 5.69 Å². The molecule has 0 aromatic heterocycles. The minimum absolute atomic E-state index is 0.360. The lowest BCUT2D eigenvalue weighted by molar-refractivity contribution is 0.244. The Balaban J connectivity index is 1.51. The molecule has 1 atom stereocenters. The Labute approximate surface area is 216 Å². The van der Waals surface area contributed by atoms with Crippen LogP contribution in [-0.4, -0.2) is 50.4 Å². The molecule has 1 aliphatic rings. The largest absolute Gasteiger partial charge is 0.508 e. The van der Waals surface area contributed by atoms with Gasteiger partial charge in [-0.1, -0.05) is 31.2 Å². The minimum Gasteiger partial charge on any atom is -0.508 e. The second-order valence-electron chi connectivity index (χ2n) is 9.72. The molecule has 0 saturated carbocycles. The first kappa shape index (κ1) is 25.9. The maximum absolute atomic E-state index is 9.88. The van der Waals surface area contributed by atoms with E-state index in [0.29, 0.717) is 18.3 Å². The number of hydrogen-bond donors (Lipinski definition) is 1. The number of phenolic OH excluding ortho intramolecular Hbond substituents is 1. The highest BCUT2D eigenvalue weighted by molar-refractivity contribution is 5.60. The lowest BCUT2D eigenvalue weighted by atomic mass is 9.79. The Bertz CT molecular complexity index is 1130. The highest BCUT2D eigenvalue weighted by atomic mass is 16.5. The molecule has 0 bridgehead atoms. The van der Waals surface area contributed by atoms with Crippen LogP contribution in [0.25, 0.3) is 0 Å². The Hall–Kier alpha value is -3.18. The first-order valence-corrected chi connectivity index (χ1v) is 13.1. The summed E-state index contributed by atoms with van der Waals surface area (Å²) < 4.78 is 11.5. The number of benzene rings is 3. The number of nitrogens with zero attached hydrogens (tertiary/aromatic N) is 2. The van der Waals surface area contributed by atoms with Crippen LogP contribution in [0.15, 0.2) is 60.7 Å². The van der Waals surface area contributed by atoms with Crippen LogP contribution in [0, 0.1) is 0 Å². The maximum atomic E-state index is 9.88. The number of phenols is 1. The summed E-state index contributed by atoms with van der Waals surface area (Å²) >= 11 is 0. The topological polar surface area (TPSA) is 45.2 Å². The third-order valence-corrected chi connectivity index (χ3v) is 7.40. The maximum Gasteiger partial charge on any atom is 0.120 e. The van der Waals surface area contributed by atoms with Crippen molar-refractivity contribution < 1.29 is 14.6 Å². The van der Waals surface area contributed by atoms with Crippen LogP contribution in [0.5, 0.6) is 17.2 Å². The van der Waals surface area contributed by atoms with Gasteiger partial charge in [0.05, 0.1) is 7.11 Å². The van der Waals surface area contributed by atoms with Crippen LogP contribution in [0.1, 0.15) is 48.4 Å². The fourth-order valence-electron chi connectivity index (χ4n) is 5.03. The van der Waals surface area contributed by atoms with E-state index in [-0.39, 0.29) is 0 Å². The first-order valence-electron chi connectivity index (χ1n) is 13.1. The van der Waals surface area contributed by atoms with Gasteiger partial charge in [-0.3, -0.25) is 0 Å². The van der Waals surface area contributed by atoms with Crippen LogP contribution in [0.3, 0.4) is 0 Å². The quantitative estimate of drug-likeness (QED) is 0.357. The molecule has 3 aromatic carbocycles. The standard InChI is InChI=1S/C31H40N2O3/c1-5-32(3)17-18-36-28-13-7-23(8-14-28)22-33(6-2)31-21-29(35-4)15-16-30(31)26-10-9-25-20-27(34)12-11-24(25)19-26/h7-8,11-16,20-21,26,34H,5-6,9-10,17-19,22H2,1-4H3. The minimum atomic E-state index is 0.360. The third kappa shape index (κ3) is 6.33. The van der Waals surface area contributed by atoms with Gasteiger partial charge in [0.15, 0.2) is 0 Å². The van der Waals surface area contributed by atoms with Gasteiger partial charge in [0.1, 0.15) is 23.9 Å². The van der Waals surface area contributed by atoms with E-state index >= 15 is 0 Å². The zero-order chi connectivity index (χ0) is 25.5. The number of rotatable bonds is 11. The van der Waals surface area contributed by atoms with Crippen molar-refractivity contribution in [3.05, 3.63) is 82.9 Å². The van der Waals surface area contributed by atoms with E-state index in [9.17, 15) is 5.11 Å². The zero-order valence-electron chi connectivity index (χ0n) is 22.2. The Morgan fingerprint density at radius 1 is 0.917 bits per heavy atom. The Kier molecular flexibility index (Phi) is 8.76. The molecule has 1 aliphatic carbocycles. The van der Waals surface area contributed by atoms with E-state index in [4.69, 9.17) is 9.47 Å². The van der Waals surface area contributed by atoms with Crippen molar-refractivity contribution in [2.75, 3.05) is 45.3 Å². The van der Waals surface area contributed by atoms with Gasteiger partial charge in [-0.2, -0.15) is 0 Å². The smallest absolute Gasteiger partial charge is 0.120 e. The molecule has 1 unspecified atom stereocenters. The van der Waals surface area contributed by atoms with E-state index in [1.165, 1.54) is 27.9 Å². The van der Waals surface area contributed by atoms with Gasteiger partial charge in [0.25, 0.3) is 0 Å². The Morgan fingerprint density at radius 2 is 1.69 bits per heavy atom. The van der Waals surface area contributed by atoms with Crippen molar-refractivity contribution in [1.82, 2.24) is 4.90 Å². The van der Waals surface area contributed by atoms with Crippen LogP contribution >= 0.6 is 0 Å². The summed E-state index contributed by atoms with van der Waals surface area (Å²) in [7, 11) is 3.84. The van der Waals surface area contributed by atoms with Gasteiger partial charge in [0, 0.05) is 31.4 Å². The van der Waals surface area contributed by atoms with Crippen LogP contribution in [-0.2, 0) is 19.4 Å². The summed E-state index contributed by atoms with van der Waals surface area (Å²) in [5, 5.41) is 9.88. The van der Waals surface area contributed by atoms with Gasteiger partial charge in [-0.05, 0) is 98.3 Å². The van der Waals surface area contributed by atoms with Crippen molar-refractivity contribution in [2.45, 2.75) is 45.6 Å². The van der Waals surface area contributed by atoms with Gasteiger partial charge >= 0.3 is 0 Å². The molecule has 5 nitrogen and oxygen atoms in total. The second kappa shape index (κ2) is 12.2. The van der Waals surface area contributed by atoms with Gasteiger partial charge < -0.3 is 24.4 Å². The van der Waals surface area contributed by atoms with Crippen molar-refractivity contribution in [2.24, 2.45) is 0 Å². The summed E-state index contributed by atoms with van der Waals surface area (Å²) in [5.41, 5.74) is 6.49. The van der Waals surface area contributed by atoms with E-state index in [0.717, 1.165) is 56.9 Å². The Morgan fingerprint density at radius 3 is 2.42 bits per heavy atom. The lowest BCUT2D eigenvalue weighted by Crippen LogP contribution is -2.25. The molecule has 0 aliphatic heterocycles. The highest BCUT2D eigenvalue weighted by Gasteiger charge is 2.24. The number of methoxy groups -OCH3 is 1. The van der Waals surface area contributed by atoms with Crippen molar-refractivity contribution in [1.29, 1.82) is 0 Å². The average molecular weight is 489 g/mol. The number of aryl methyl sites for hydroxylation is 1. The summed E-state index contributed by atoms with van der Waals surface area (Å²) in [5.74, 6) is 2.60. The van der Waals surface area contributed by atoms with E-state index in [1.807, 2.05) is 12.1 Å². The summed E-state index contributed by atoms with van der Waals surface area (Å²) in [4.78, 5) is 4.68. The highest BCUT2D eigenvalue weighted by Crippen LogP contribution is 2.40. The lowest BCUT2D eigenvalue weighted by Gasteiger charge is -2.32. The number of ether oxygens (including phenoxy) is 2. The fourth-order valence-corrected chi connectivity index (χ4v) is 5.03. The number of fused-ring (bicyclic) bond motifs is 1. The van der Waals surface area contributed by atoms with E-state index in [1.54, 1.807) is 7.11 Å². The predicted octanol–water partition coefficient (Wildman–Crippen LogP) is 6.03. The fraction of sp³-hybridized carbons (Fsp3) is 0.419. The van der Waals surface area contributed by atoms with Crippen LogP contribution in [0.2, 0.25) is 0 Å². The van der Waals surface area contributed by atoms with Crippen LogP contribution in [0.4, 0.5) is 5.69 Å². The molecule has 3 aromatic rings. The summed E-state index contributed by atoms with van der Waals surface area (Å²) in [6, 6.07) is 20.8. The number of hydrogen-bond acceptors (Lipinski definition) is 5. The average Bonchev–Trinajstić information content (AvgIpc) is 2.91. The van der Waals surface area contributed by atoms with Gasteiger partial charge in [0.2, 0.25) is 0 Å². The van der Waals surface area contributed by atoms with E-state index in [2.05, 4.69) is 79.2 Å². The molecular formula is C31H40N2O3. The van der Waals surface area contributed by atoms with Crippen LogP contribution < -0.4 is 14.4 Å². The summed E-state index contributed by atoms with van der Waals surface area (Å²) in [6.07, 6.45) is 3.06. The zero-order valence-corrected chi connectivity index (χ0v) is 22.2. The number of anilines is 1. The predicted molar refractivity (Wildman–Crippen MR) is 148 cm³/mol. The van der Waals surface area contributed by atoms with Crippen molar-refractivity contribution in [3.63, 3.8) is 0 Å². The van der Waals surface area contributed by atoms with Gasteiger partial charge in [-0.15, -0.1) is 0 Å². The number of likely N-dealkylation sites (N-methyl/N-ethyl adjacent to an activating group) is 1. The molecule has 0 radical (unpaired) electrons. The van der Waals surface area contributed by atoms with Gasteiger partial charge in [-0.25, -0.2) is 0 Å².